The van der Waals surface area contributed by atoms with E-state index in [1.54, 1.807) is 0 Å². The van der Waals surface area contributed by atoms with E-state index in [1.807, 2.05) is 0 Å². The van der Waals surface area contributed by atoms with Gasteiger partial charge in [0.25, 0.3) is 0 Å². The summed E-state index contributed by atoms with van der Waals surface area (Å²) < 4.78 is 6.46. The molecule has 2 atom stereocenters. The van der Waals surface area contributed by atoms with Crippen LogP contribution in [0.25, 0.3) is 0 Å². The summed E-state index contributed by atoms with van der Waals surface area (Å²) in [5.74, 6) is 3.96. The summed E-state index contributed by atoms with van der Waals surface area (Å²) in [6.45, 7) is 23.0. The molecular weight excluding hydrogens is 276 g/mol. The molecule has 0 aliphatic rings. The molecule has 0 heterocycles. The van der Waals surface area contributed by atoms with Gasteiger partial charge in [-0.2, -0.15) is 0 Å². The molecule has 3 heteroatoms. The summed E-state index contributed by atoms with van der Waals surface area (Å²) in [5, 5.41) is 0.290. The lowest BCUT2D eigenvalue weighted by atomic mass is 10.0. The maximum absolute atomic E-state index is 6.46. The Hall–Kier alpha value is -0.0462. The molecule has 20 heavy (non-hydrogen) atoms. The zero-order valence-corrected chi connectivity index (χ0v) is 17.5. The van der Waals surface area contributed by atoms with Crippen LogP contribution >= 0.6 is 0 Å². The van der Waals surface area contributed by atoms with Crippen molar-refractivity contribution in [3.8, 4) is 11.5 Å². The summed E-state index contributed by atoms with van der Waals surface area (Å²) in [6, 6.07) is 0. The van der Waals surface area contributed by atoms with Crippen molar-refractivity contribution < 1.29 is 4.43 Å². The molecule has 0 saturated heterocycles. The van der Waals surface area contributed by atoms with Gasteiger partial charge in [-0.1, -0.05) is 47.3 Å². The summed E-state index contributed by atoms with van der Waals surface area (Å²) >= 11 is 0. The second-order valence-corrected chi connectivity index (χ2v) is 18.2. The minimum Gasteiger partial charge on any atom is -0.414 e. The molecule has 0 aromatic heterocycles. The molecule has 0 bridgehead atoms. The molecule has 0 rings (SSSR count). The van der Waals surface area contributed by atoms with Gasteiger partial charge < -0.3 is 4.43 Å². The van der Waals surface area contributed by atoms with E-state index in [-0.39, 0.29) is 0 Å². The van der Waals surface area contributed by atoms with Crippen LogP contribution in [0.2, 0.25) is 37.8 Å². The summed E-state index contributed by atoms with van der Waals surface area (Å²) in [5.41, 5.74) is 3.45. The molecule has 0 aromatic carbocycles. The first-order valence-corrected chi connectivity index (χ1v) is 14.3. The molecule has 0 N–H and O–H groups in total. The molecule has 118 valence electrons. The Balaban J connectivity index is 4.36. The fourth-order valence-corrected chi connectivity index (χ4v) is 3.79. The van der Waals surface area contributed by atoms with Crippen molar-refractivity contribution in [3.05, 3.63) is 0 Å². The molecule has 0 aromatic rings. The Morgan fingerprint density at radius 3 is 1.90 bits per heavy atom. The average molecular weight is 313 g/mol. The van der Waals surface area contributed by atoms with Crippen LogP contribution in [0.5, 0.6) is 0 Å². The molecule has 0 spiro atoms. The van der Waals surface area contributed by atoms with Crippen molar-refractivity contribution in [3.63, 3.8) is 0 Å². The fourth-order valence-electron chi connectivity index (χ4n) is 1.62. The highest BCUT2D eigenvalue weighted by atomic mass is 28.4. The standard InChI is InChI=1S/C17H36OSi2/c1-15(13-11-12-14-19(6,7)8)16(2)18-20(9,10)17(3,4)5/h15-16H,11,13H2,1-10H3/t15-,16+/m0/s1. The maximum Gasteiger partial charge on any atom is 0.192 e. The van der Waals surface area contributed by atoms with Gasteiger partial charge in [-0.05, 0) is 37.4 Å². The first-order chi connectivity index (χ1) is 8.76. The van der Waals surface area contributed by atoms with Crippen LogP contribution in [0, 0.1) is 17.4 Å². The zero-order valence-electron chi connectivity index (χ0n) is 15.5. The van der Waals surface area contributed by atoms with Crippen molar-refractivity contribution in [2.75, 3.05) is 0 Å². The quantitative estimate of drug-likeness (QED) is 0.468. The van der Waals surface area contributed by atoms with Crippen LogP contribution in [0.3, 0.4) is 0 Å². The zero-order chi connectivity index (χ0) is 16.2. The average Bonchev–Trinajstić information content (AvgIpc) is 2.20. The highest BCUT2D eigenvalue weighted by Crippen LogP contribution is 2.38. The second kappa shape index (κ2) is 7.29. The van der Waals surface area contributed by atoms with E-state index >= 15 is 0 Å². The van der Waals surface area contributed by atoms with Crippen LogP contribution in [-0.2, 0) is 4.43 Å². The molecule has 0 aliphatic heterocycles. The predicted octanol–water partition coefficient (Wildman–Crippen LogP) is 5.69. The largest absolute Gasteiger partial charge is 0.414 e. The van der Waals surface area contributed by atoms with E-state index in [9.17, 15) is 0 Å². The molecule has 0 amide bonds. The predicted molar refractivity (Wildman–Crippen MR) is 97.3 cm³/mol. The monoisotopic (exact) mass is 312 g/mol. The number of hydrogen-bond acceptors (Lipinski definition) is 1. The molecule has 0 saturated carbocycles. The lowest BCUT2D eigenvalue weighted by Crippen LogP contribution is -2.44. The van der Waals surface area contributed by atoms with Gasteiger partial charge in [0.1, 0.15) is 8.07 Å². The van der Waals surface area contributed by atoms with Crippen molar-refractivity contribution in [2.24, 2.45) is 5.92 Å². The van der Waals surface area contributed by atoms with Crippen LogP contribution in [0.15, 0.2) is 0 Å². The van der Waals surface area contributed by atoms with Crippen LogP contribution in [0.4, 0.5) is 0 Å². The molecule has 1 nitrogen and oxygen atoms in total. The van der Waals surface area contributed by atoms with E-state index in [0.29, 0.717) is 17.1 Å². The summed E-state index contributed by atoms with van der Waals surface area (Å²) in [7, 11) is -2.84. The minimum absolute atomic E-state index is 0.290. The fraction of sp³-hybridized carbons (Fsp3) is 0.882. The van der Waals surface area contributed by atoms with Crippen LogP contribution < -0.4 is 0 Å². The van der Waals surface area contributed by atoms with Gasteiger partial charge in [-0.3, -0.25) is 0 Å². The van der Waals surface area contributed by atoms with Gasteiger partial charge in [0, 0.05) is 12.5 Å². The lowest BCUT2D eigenvalue weighted by molar-refractivity contribution is 0.138. The lowest BCUT2D eigenvalue weighted by Gasteiger charge is -2.39. The van der Waals surface area contributed by atoms with Gasteiger partial charge >= 0.3 is 0 Å². The van der Waals surface area contributed by atoms with Crippen molar-refractivity contribution in [1.82, 2.24) is 0 Å². The van der Waals surface area contributed by atoms with Crippen molar-refractivity contribution in [1.29, 1.82) is 0 Å². The maximum atomic E-state index is 6.46. The number of hydrogen-bond donors (Lipinski definition) is 0. The smallest absolute Gasteiger partial charge is 0.192 e. The van der Waals surface area contributed by atoms with Gasteiger partial charge in [0.15, 0.2) is 8.32 Å². The van der Waals surface area contributed by atoms with E-state index in [2.05, 4.69) is 78.8 Å². The highest BCUT2D eigenvalue weighted by molar-refractivity contribution is 6.83. The molecular formula is C17H36OSi2. The summed E-state index contributed by atoms with van der Waals surface area (Å²) in [4.78, 5) is 0. The first kappa shape index (κ1) is 20.0. The number of rotatable bonds is 5. The Morgan fingerprint density at radius 1 is 1.00 bits per heavy atom. The van der Waals surface area contributed by atoms with E-state index in [0.717, 1.165) is 12.8 Å². The Labute approximate surface area is 130 Å². The van der Waals surface area contributed by atoms with Gasteiger partial charge in [0.2, 0.25) is 0 Å². The normalized spacial score (nSPS) is 16.3. The SMILES string of the molecule is C[C@@H](CCC#C[Si](C)(C)C)[C@@H](C)O[Si](C)(C)C(C)(C)C. The van der Waals surface area contributed by atoms with E-state index < -0.39 is 16.4 Å². The Kier molecular flexibility index (Phi) is 7.27. The van der Waals surface area contributed by atoms with Gasteiger partial charge in [-0.25, -0.2) is 0 Å². The van der Waals surface area contributed by atoms with Crippen LogP contribution in [0.1, 0.15) is 47.5 Å². The van der Waals surface area contributed by atoms with E-state index in [1.165, 1.54) is 0 Å². The molecule has 0 fully saturated rings. The van der Waals surface area contributed by atoms with Crippen LogP contribution in [-0.4, -0.2) is 22.5 Å². The molecule has 0 unspecified atom stereocenters. The third-order valence-electron chi connectivity index (χ3n) is 4.28. The van der Waals surface area contributed by atoms with Crippen molar-refractivity contribution >= 4 is 16.4 Å². The van der Waals surface area contributed by atoms with Gasteiger partial charge in [0.05, 0.1) is 0 Å². The van der Waals surface area contributed by atoms with Crippen molar-refractivity contribution in [2.45, 2.75) is 91.3 Å². The first-order valence-electron chi connectivity index (χ1n) is 7.94. The Bertz CT molecular complexity index is 350. The Morgan fingerprint density at radius 2 is 1.50 bits per heavy atom. The molecule has 0 radical (unpaired) electrons. The van der Waals surface area contributed by atoms with E-state index in [4.69, 9.17) is 4.43 Å². The molecule has 0 aliphatic carbocycles. The third-order valence-corrected chi connectivity index (χ3v) is 9.78. The topological polar surface area (TPSA) is 9.23 Å². The van der Waals surface area contributed by atoms with Gasteiger partial charge in [-0.15, -0.1) is 11.5 Å². The minimum atomic E-state index is -1.64. The second-order valence-electron chi connectivity index (χ2n) is 8.65. The summed E-state index contributed by atoms with van der Waals surface area (Å²) in [6.07, 6.45) is 2.49. The highest BCUT2D eigenvalue weighted by Gasteiger charge is 2.39. The third kappa shape index (κ3) is 7.66.